The van der Waals surface area contributed by atoms with Gasteiger partial charge in [-0.15, -0.1) is 0 Å². The van der Waals surface area contributed by atoms with Crippen LogP contribution >= 0.6 is 0 Å². The van der Waals surface area contributed by atoms with E-state index in [1.165, 1.54) is 0 Å². The third-order valence-corrected chi connectivity index (χ3v) is 3.39. The third kappa shape index (κ3) is 2.61. The second-order valence-corrected chi connectivity index (χ2v) is 4.59. The molecule has 0 saturated carbocycles. The minimum Gasteiger partial charge on any atom is -0.480 e. The van der Waals surface area contributed by atoms with Crippen molar-refractivity contribution >= 4 is 35.8 Å². The average Bonchev–Trinajstić information content (AvgIpc) is 2.39. The Balaban J connectivity index is 7.25. The van der Waals surface area contributed by atoms with Gasteiger partial charge < -0.3 is 30.3 Å². The molecular weight excluding hydrogens is 336 g/mol. The van der Waals surface area contributed by atoms with E-state index in [4.69, 9.17) is 15.3 Å². The van der Waals surface area contributed by atoms with Crippen LogP contribution in [0.2, 0.25) is 0 Å². The van der Waals surface area contributed by atoms with E-state index < -0.39 is 59.2 Å². The van der Waals surface area contributed by atoms with Gasteiger partial charge in [-0.2, -0.15) is 0 Å². The minimum absolute atomic E-state index is 0.687. The SMILES string of the molecule is CCC(OC(C)=O)C(C(=O)O)(C(=O)O)C(C(=O)O)(C(=O)O)C(=O)O. The number of ether oxygens (including phenoxy) is 1. The van der Waals surface area contributed by atoms with Crippen molar-refractivity contribution in [2.45, 2.75) is 26.4 Å². The van der Waals surface area contributed by atoms with Gasteiger partial charge in [0.05, 0.1) is 0 Å². The molecule has 24 heavy (non-hydrogen) atoms. The highest BCUT2D eigenvalue weighted by atomic mass is 16.5. The predicted molar refractivity (Wildman–Crippen MR) is 68.9 cm³/mol. The highest BCUT2D eigenvalue weighted by molar-refractivity contribution is 6.25. The predicted octanol–water partition coefficient (Wildman–Crippen LogP) is -1.28. The van der Waals surface area contributed by atoms with Crippen LogP contribution in [-0.4, -0.2) is 67.5 Å². The summed E-state index contributed by atoms with van der Waals surface area (Å²) in [5.41, 5.74) is -8.39. The molecule has 0 aromatic carbocycles. The standard InChI is InChI=1S/C12H14O12/c1-3-5(24-4(2)13)11(6(14)15,7(16)17)12(8(18)19,9(20)21)10(22)23/h5H,3H2,1-2H3,(H,14,15)(H,16,17)(H,18,19)(H,20,21)(H,22,23). The number of carboxylic acid groups (broad SMARTS) is 5. The molecule has 0 bridgehead atoms. The van der Waals surface area contributed by atoms with E-state index in [-0.39, 0.29) is 0 Å². The normalized spacial score (nSPS) is 12.8. The zero-order valence-electron chi connectivity index (χ0n) is 12.4. The molecule has 0 saturated heterocycles. The number of carbonyl (C=O) groups excluding carboxylic acids is 1. The molecule has 0 aromatic heterocycles. The quantitative estimate of drug-likeness (QED) is 0.243. The third-order valence-electron chi connectivity index (χ3n) is 3.39. The first-order valence-corrected chi connectivity index (χ1v) is 6.19. The molecule has 0 heterocycles. The van der Waals surface area contributed by atoms with Gasteiger partial charge in [-0.25, -0.2) is 0 Å². The topological polar surface area (TPSA) is 213 Å². The molecular formula is C12H14O12. The molecule has 134 valence electrons. The Bertz CT molecular complexity index is 553. The van der Waals surface area contributed by atoms with Crippen molar-refractivity contribution in [3.8, 4) is 0 Å². The second kappa shape index (κ2) is 6.93. The van der Waals surface area contributed by atoms with Crippen LogP contribution in [0.4, 0.5) is 0 Å². The summed E-state index contributed by atoms with van der Waals surface area (Å²) >= 11 is 0. The summed E-state index contributed by atoms with van der Waals surface area (Å²) in [5.74, 6) is -14.7. The first-order chi connectivity index (χ1) is 10.8. The van der Waals surface area contributed by atoms with E-state index in [2.05, 4.69) is 4.74 Å². The fourth-order valence-corrected chi connectivity index (χ4v) is 2.39. The number of rotatable bonds is 9. The summed E-state index contributed by atoms with van der Waals surface area (Å²) < 4.78 is 4.45. The zero-order chi connectivity index (χ0) is 19.5. The van der Waals surface area contributed by atoms with E-state index in [9.17, 15) is 39.0 Å². The molecule has 0 fully saturated rings. The van der Waals surface area contributed by atoms with Crippen molar-refractivity contribution < 1.29 is 59.0 Å². The number of aliphatic carboxylic acids is 5. The van der Waals surface area contributed by atoms with Crippen molar-refractivity contribution in [3.63, 3.8) is 0 Å². The van der Waals surface area contributed by atoms with Crippen LogP contribution in [0.15, 0.2) is 0 Å². The Morgan fingerprint density at radius 2 is 1.12 bits per heavy atom. The molecule has 0 spiro atoms. The number of carbonyl (C=O) groups is 6. The largest absolute Gasteiger partial charge is 0.480 e. The minimum atomic E-state index is -4.36. The molecule has 0 aromatic rings. The van der Waals surface area contributed by atoms with E-state index in [1.807, 2.05) is 0 Å². The number of hydrogen-bond donors (Lipinski definition) is 5. The summed E-state index contributed by atoms with van der Waals surface area (Å²) in [6.07, 6.45) is -3.08. The molecule has 1 atom stereocenters. The molecule has 12 heteroatoms. The molecule has 0 radical (unpaired) electrons. The zero-order valence-corrected chi connectivity index (χ0v) is 12.4. The Hall–Kier alpha value is -3.18. The lowest BCUT2D eigenvalue weighted by Crippen LogP contribution is -2.69. The van der Waals surface area contributed by atoms with E-state index >= 15 is 0 Å². The summed E-state index contributed by atoms with van der Waals surface area (Å²) in [5, 5.41) is 46.1. The number of esters is 1. The van der Waals surface area contributed by atoms with Gasteiger partial charge in [0.2, 0.25) is 5.41 Å². The van der Waals surface area contributed by atoms with Gasteiger partial charge in [-0.1, -0.05) is 6.92 Å². The fraction of sp³-hybridized carbons (Fsp3) is 0.500. The molecule has 0 aliphatic carbocycles. The fourth-order valence-electron chi connectivity index (χ4n) is 2.39. The van der Waals surface area contributed by atoms with Crippen LogP contribution in [0.3, 0.4) is 0 Å². The maximum Gasteiger partial charge on any atom is 0.334 e. The second-order valence-electron chi connectivity index (χ2n) is 4.59. The summed E-state index contributed by atoms with van der Waals surface area (Å²) in [4.78, 5) is 68.7. The lowest BCUT2D eigenvalue weighted by molar-refractivity contribution is -0.215. The molecule has 5 N–H and O–H groups in total. The van der Waals surface area contributed by atoms with Gasteiger partial charge in [0, 0.05) is 6.92 Å². The number of carboxylic acids is 5. The van der Waals surface area contributed by atoms with Gasteiger partial charge in [0.25, 0.3) is 5.41 Å². The molecule has 0 aliphatic heterocycles. The first kappa shape index (κ1) is 20.8. The highest BCUT2D eigenvalue weighted by Gasteiger charge is 2.80. The monoisotopic (exact) mass is 350 g/mol. The Kier molecular flexibility index (Phi) is 6.01. The van der Waals surface area contributed by atoms with E-state index in [0.29, 0.717) is 0 Å². The van der Waals surface area contributed by atoms with Crippen molar-refractivity contribution in [1.82, 2.24) is 0 Å². The van der Waals surface area contributed by atoms with Gasteiger partial charge in [-0.05, 0) is 6.42 Å². The summed E-state index contributed by atoms with van der Waals surface area (Å²) in [6, 6.07) is 0. The molecule has 1 unspecified atom stereocenters. The van der Waals surface area contributed by atoms with Crippen LogP contribution in [0.25, 0.3) is 0 Å². The van der Waals surface area contributed by atoms with Crippen molar-refractivity contribution in [2.24, 2.45) is 10.8 Å². The molecule has 0 aliphatic rings. The molecule has 12 nitrogen and oxygen atoms in total. The van der Waals surface area contributed by atoms with Crippen LogP contribution in [0.5, 0.6) is 0 Å². The number of hydrogen-bond acceptors (Lipinski definition) is 7. The molecule has 0 rings (SSSR count). The van der Waals surface area contributed by atoms with Gasteiger partial charge in [-0.3, -0.25) is 28.8 Å². The van der Waals surface area contributed by atoms with Crippen molar-refractivity contribution in [3.05, 3.63) is 0 Å². The lowest BCUT2D eigenvalue weighted by Gasteiger charge is -2.39. The average molecular weight is 350 g/mol. The van der Waals surface area contributed by atoms with Crippen LogP contribution in [-0.2, 0) is 33.5 Å². The van der Waals surface area contributed by atoms with Crippen molar-refractivity contribution in [2.75, 3.05) is 0 Å². The van der Waals surface area contributed by atoms with Crippen LogP contribution in [0, 0.1) is 10.8 Å². The van der Waals surface area contributed by atoms with E-state index in [1.54, 1.807) is 0 Å². The Labute approximate surface area is 133 Å². The lowest BCUT2D eigenvalue weighted by atomic mass is 9.59. The first-order valence-electron chi connectivity index (χ1n) is 6.19. The maximum atomic E-state index is 11.6. The van der Waals surface area contributed by atoms with Crippen LogP contribution in [0.1, 0.15) is 20.3 Å². The van der Waals surface area contributed by atoms with Gasteiger partial charge >= 0.3 is 35.8 Å². The highest BCUT2D eigenvalue weighted by Crippen LogP contribution is 2.47. The van der Waals surface area contributed by atoms with Crippen molar-refractivity contribution in [1.29, 1.82) is 0 Å². The van der Waals surface area contributed by atoms with Gasteiger partial charge in [0.15, 0.2) is 0 Å². The molecule has 0 amide bonds. The summed E-state index contributed by atoms with van der Waals surface area (Å²) in [7, 11) is 0. The smallest absolute Gasteiger partial charge is 0.334 e. The maximum absolute atomic E-state index is 11.6. The van der Waals surface area contributed by atoms with Gasteiger partial charge in [0.1, 0.15) is 6.10 Å². The Morgan fingerprint density at radius 3 is 1.29 bits per heavy atom. The summed E-state index contributed by atoms with van der Waals surface area (Å²) in [6.45, 7) is 1.78. The Morgan fingerprint density at radius 1 is 0.792 bits per heavy atom. The van der Waals surface area contributed by atoms with E-state index in [0.717, 1.165) is 13.8 Å². The van der Waals surface area contributed by atoms with Crippen LogP contribution < -0.4 is 0 Å².